The highest BCUT2D eigenvalue weighted by Gasteiger charge is 2.31. The largest absolute Gasteiger partial charge is 0.356 e. The lowest BCUT2D eigenvalue weighted by Gasteiger charge is -2.35. The molecule has 31 heavy (non-hydrogen) atoms. The van der Waals surface area contributed by atoms with Gasteiger partial charge < -0.3 is 9.80 Å². The molecule has 2 aromatic rings. The molecule has 2 aliphatic heterocycles. The number of fused-ring (bicyclic) bond motifs is 1. The summed E-state index contributed by atoms with van der Waals surface area (Å²) in [6.45, 7) is 3.49. The number of carbonyl (C=O) groups is 1. The molecule has 0 radical (unpaired) electrons. The molecular formula is C25H33N5O. The normalized spacial score (nSPS) is 20.3. The molecule has 0 spiro atoms. The Hall–Kier alpha value is -2.50. The van der Waals surface area contributed by atoms with E-state index in [1.807, 2.05) is 18.3 Å². The predicted molar refractivity (Wildman–Crippen MR) is 122 cm³/mol. The van der Waals surface area contributed by atoms with Crippen LogP contribution in [-0.4, -0.2) is 45.4 Å². The molecule has 0 atom stereocenters. The van der Waals surface area contributed by atoms with E-state index in [0.29, 0.717) is 12.5 Å². The van der Waals surface area contributed by atoms with Gasteiger partial charge in [-0.05, 0) is 37.8 Å². The molecule has 6 heteroatoms. The van der Waals surface area contributed by atoms with E-state index in [4.69, 9.17) is 9.97 Å². The van der Waals surface area contributed by atoms with Gasteiger partial charge in [-0.2, -0.15) is 0 Å². The Labute approximate surface area is 185 Å². The Kier molecular flexibility index (Phi) is 6.14. The first-order valence-corrected chi connectivity index (χ1v) is 12.1. The molecule has 4 heterocycles. The van der Waals surface area contributed by atoms with E-state index in [9.17, 15) is 4.79 Å². The quantitative estimate of drug-likeness (QED) is 0.739. The summed E-state index contributed by atoms with van der Waals surface area (Å²) in [5.74, 6) is 2.38. The summed E-state index contributed by atoms with van der Waals surface area (Å²) >= 11 is 0. The lowest BCUT2D eigenvalue weighted by atomic mass is 9.87. The number of carbonyl (C=O) groups excluding carboxylic acids is 1. The van der Waals surface area contributed by atoms with E-state index < -0.39 is 0 Å². The van der Waals surface area contributed by atoms with Crippen LogP contribution in [-0.2, 0) is 17.8 Å². The van der Waals surface area contributed by atoms with Gasteiger partial charge in [-0.1, -0.05) is 32.1 Å². The van der Waals surface area contributed by atoms with Crippen LogP contribution in [0.15, 0.2) is 24.5 Å². The van der Waals surface area contributed by atoms with Crippen LogP contribution < -0.4 is 4.90 Å². The average molecular weight is 420 g/mol. The van der Waals surface area contributed by atoms with Gasteiger partial charge in [0.05, 0.1) is 12.2 Å². The van der Waals surface area contributed by atoms with Crippen molar-refractivity contribution in [3.8, 4) is 11.4 Å². The van der Waals surface area contributed by atoms with E-state index in [2.05, 4.69) is 14.8 Å². The number of pyridine rings is 1. The van der Waals surface area contributed by atoms with Gasteiger partial charge in [-0.25, -0.2) is 9.97 Å². The van der Waals surface area contributed by atoms with Gasteiger partial charge in [0.2, 0.25) is 5.91 Å². The molecule has 5 rings (SSSR count). The van der Waals surface area contributed by atoms with Crippen molar-refractivity contribution in [2.75, 3.05) is 24.5 Å². The Morgan fingerprint density at radius 1 is 0.935 bits per heavy atom. The molecule has 0 aromatic carbocycles. The predicted octanol–water partition coefficient (Wildman–Crippen LogP) is 4.38. The minimum atomic E-state index is 0.215. The fourth-order valence-electron chi connectivity index (χ4n) is 5.36. The average Bonchev–Trinajstić information content (AvgIpc) is 3.13. The van der Waals surface area contributed by atoms with Crippen molar-refractivity contribution < 1.29 is 4.79 Å². The minimum Gasteiger partial charge on any atom is -0.356 e. The van der Waals surface area contributed by atoms with Crippen molar-refractivity contribution in [3.63, 3.8) is 0 Å². The van der Waals surface area contributed by atoms with Crippen LogP contribution in [0.4, 0.5) is 5.82 Å². The Morgan fingerprint density at radius 3 is 2.45 bits per heavy atom. The van der Waals surface area contributed by atoms with Gasteiger partial charge in [-0.15, -0.1) is 0 Å². The number of amides is 1. The number of nitrogens with zero attached hydrogens (tertiary/aromatic N) is 5. The van der Waals surface area contributed by atoms with Crippen molar-refractivity contribution in [2.24, 2.45) is 5.92 Å². The van der Waals surface area contributed by atoms with Crippen molar-refractivity contribution in [2.45, 2.75) is 70.8 Å². The first-order valence-electron chi connectivity index (χ1n) is 12.1. The maximum Gasteiger partial charge on any atom is 0.225 e. The number of aromatic nitrogens is 3. The fraction of sp³-hybridized carbons (Fsp3) is 0.600. The molecule has 164 valence electrons. The molecule has 2 aromatic heterocycles. The van der Waals surface area contributed by atoms with Gasteiger partial charge in [-0.3, -0.25) is 9.78 Å². The molecule has 1 saturated heterocycles. The SMILES string of the molecule is O=C(C1CCCCC1)N1CCc2nc(-c3cccnc3)nc(N3CCCCCC3)c2C1. The Morgan fingerprint density at radius 2 is 1.71 bits per heavy atom. The summed E-state index contributed by atoms with van der Waals surface area (Å²) in [5.41, 5.74) is 3.24. The first-order chi connectivity index (χ1) is 15.3. The maximum atomic E-state index is 13.3. The summed E-state index contributed by atoms with van der Waals surface area (Å²) in [7, 11) is 0. The van der Waals surface area contributed by atoms with E-state index in [1.54, 1.807) is 6.20 Å². The Bertz CT molecular complexity index is 902. The lowest BCUT2D eigenvalue weighted by Crippen LogP contribution is -2.41. The Balaban J connectivity index is 1.48. The number of rotatable bonds is 3. The minimum absolute atomic E-state index is 0.215. The van der Waals surface area contributed by atoms with Crippen molar-refractivity contribution in [3.05, 3.63) is 35.8 Å². The second-order valence-corrected chi connectivity index (χ2v) is 9.28. The summed E-state index contributed by atoms with van der Waals surface area (Å²) < 4.78 is 0. The zero-order chi connectivity index (χ0) is 21.0. The molecule has 1 aliphatic carbocycles. The highest BCUT2D eigenvalue weighted by Crippen LogP contribution is 2.33. The molecule has 6 nitrogen and oxygen atoms in total. The van der Waals surface area contributed by atoms with E-state index in [-0.39, 0.29) is 5.92 Å². The smallest absolute Gasteiger partial charge is 0.225 e. The van der Waals surface area contributed by atoms with E-state index in [1.165, 1.54) is 50.5 Å². The van der Waals surface area contributed by atoms with Gasteiger partial charge in [0.15, 0.2) is 5.82 Å². The zero-order valence-electron chi connectivity index (χ0n) is 18.4. The number of anilines is 1. The molecule has 0 N–H and O–H groups in total. The lowest BCUT2D eigenvalue weighted by molar-refractivity contribution is -0.137. The molecule has 1 amide bonds. The third-order valence-corrected chi connectivity index (χ3v) is 7.13. The first kappa shape index (κ1) is 20.4. The van der Waals surface area contributed by atoms with E-state index in [0.717, 1.165) is 61.8 Å². The van der Waals surface area contributed by atoms with Crippen LogP contribution in [0.25, 0.3) is 11.4 Å². The zero-order valence-corrected chi connectivity index (χ0v) is 18.4. The standard InChI is InChI=1S/C25H33N5O/c31-25(19-9-4-3-5-10-19)30-16-12-22-21(18-30)24(29-14-6-1-2-7-15-29)28-23(27-22)20-11-8-13-26-17-20/h8,11,13,17,19H,1-7,9-10,12,14-16,18H2. The highest BCUT2D eigenvalue weighted by atomic mass is 16.2. The maximum absolute atomic E-state index is 13.3. The van der Waals surface area contributed by atoms with Gasteiger partial charge in [0.25, 0.3) is 0 Å². The number of hydrogen-bond acceptors (Lipinski definition) is 5. The highest BCUT2D eigenvalue weighted by molar-refractivity contribution is 5.79. The fourth-order valence-corrected chi connectivity index (χ4v) is 5.36. The van der Waals surface area contributed by atoms with Crippen LogP contribution in [0.3, 0.4) is 0 Å². The van der Waals surface area contributed by atoms with Crippen molar-refractivity contribution in [1.82, 2.24) is 19.9 Å². The molecular weight excluding hydrogens is 386 g/mol. The second-order valence-electron chi connectivity index (χ2n) is 9.28. The molecule has 0 unspecified atom stereocenters. The van der Waals surface area contributed by atoms with Gasteiger partial charge >= 0.3 is 0 Å². The van der Waals surface area contributed by atoms with E-state index >= 15 is 0 Å². The third kappa shape index (κ3) is 4.43. The van der Waals surface area contributed by atoms with Crippen molar-refractivity contribution in [1.29, 1.82) is 0 Å². The van der Waals surface area contributed by atoms with Crippen LogP contribution in [0.1, 0.15) is 69.0 Å². The van der Waals surface area contributed by atoms with Crippen LogP contribution in [0.5, 0.6) is 0 Å². The van der Waals surface area contributed by atoms with Crippen LogP contribution in [0, 0.1) is 5.92 Å². The summed E-state index contributed by atoms with van der Waals surface area (Å²) in [4.78, 5) is 32.1. The monoisotopic (exact) mass is 419 g/mol. The molecule has 3 aliphatic rings. The van der Waals surface area contributed by atoms with Crippen LogP contribution in [0.2, 0.25) is 0 Å². The summed E-state index contributed by atoms with van der Waals surface area (Å²) in [6, 6.07) is 3.97. The molecule has 2 fully saturated rings. The molecule has 0 bridgehead atoms. The van der Waals surface area contributed by atoms with Gasteiger partial charge in [0.1, 0.15) is 5.82 Å². The summed E-state index contributed by atoms with van der Waals surface area (Å²) in [6.07, 6.45) is 15.2. The van der Waals surface area contributed by atoms with Crippen molar-refractivity contribution >= 4 is 11.7 Å². The third-order valence-electron chi connectivity index (χ3n) is 7.13. The second kappa shape index (κ2) is 9.33. The molecule has 1 saturated carbocycles. The summed E-state index contributed by atoms with van der Waals surface area (Å²) in [5, 5.41) is 0. The van der Waals surface area contributed by atoms with Crippen LogP contribution >= 0.6 is 0 Å². The topological polar surface area (TPSA) is 62.2 Å². The van der Waals surface area contributed by atoms with Gasteiger partial charge in [0, 0.05) is 55.5 Å². The number of hydrogen-bond donors (Lipinski definition) is 0.